The second-order valence-corrected chi connectivity index (χ2v) is 7.70. The summed E-state index contributed by atoms with van der Waals surface area (Å²) in [5.74, 6) is -1.29. The first kappa shape index (κ1) is 20.4. The highest BCUT2D eigenvalue weighted by Crippen LogP contribution is 2.18. The van der Waals surface area contributed by atoms with Crippen LogP contribution in [0.25, 0.3) is 0 Å². The van der Waals surface area contributed by atoms with Crippen LogP contribution in [-0.4, -0.2) is 82.3 Å². The molecule has 1 fully saturated rings. The zero-order valence-corrected chi connectivity index (χ0v) is 15.5. The molecule has 1 unspecified atom stereocenters. The number of methoxy groups -OCH3 is 1. The fraction of sp³-hybridized carbons (Fsp3) is 0.600. The lowest BCUT2D eigenvalue weighted by molar-refractivity contribution is -0.125. The largest absolute Gasteiger partial charge is 0.451 e. The van der Waals surface area contributed by atoms with Crippen molar-refractivity contribution in [3.05, 3.63) is 18.0 Å². The molecule has 2 rings (SSSR count). The normalized spacial score (nSPS) is 16.8. The Balaban J connectivity index is 1.92. The minimum atomic E-state index is -3.71. The standard InChI is InChI=1S/C15H23N3O7S/c1-11(9-23-2)17-14(19)10-25-15(20)13-7-12(8-16-13)26(21,22)18-3-5-24-6-4-18/h7-8,11,16H,3-6,9-10H2,1-2H3,(H,17,19). The predicted octanol–water partition coefficient (Wildman–Crippen LogP) is -0.656. The van der Waals surface area contributed by atoms with E-state index in [1.54, 1.807) is 6.92 Å². The number of nitrogens with zero attached hydrogens (tertiary/aromatic N) is 1. The molecule has 0 aromatic carbocycles. The molecule has 0 spiro atoms. The van der Waals surface area contributed by atoms with Crippen molar-refractivity contribution in [1.82, 2.24) is 14.6 Å². The predicted molar refractivity (Wildman–Crippen MR) is 90.1 cm³/mol. The second-order valence-electron chi connectivity index (χ2n) is 5.77. The van der Waals surface area contributed by atoms with Crippen molar-refractivity contribution >= 4 is 21.9 Å². The number of ether oxygens (including phenoxy) is 3. The smallest absolute Gasteiger partial charge is 0.355 e. The number of aromatic amines is 1. The summed E-state index contributed by atoms with van der Waals surface area (Å²) in [6.45, 7) is 2.78. The molecule has 26 heavy (non-hydrogen) atoms. The molecule has 1 amide bonds. The number of aromatic nitrogens is 1. The molecule has 1 atom stereocenters. The molecule has 0 bridgehead atoms. The van der Waals surface area contributed by atoms with E-state index in [-0.39, 0.29) is 29.7 Å². The van der Waals surface area contributed by atoms with Gasteiger partial charge in [0.05, 0.1) is 19.8 Å². The zero-order chi connectivity index (χ0) is 19.2. The average Bonchev–Trinajstić information content (AvgIpc) is 3.11. The molecule has 1 aliphatic rings. The molecule has 2 heterocycles. The summed E-state index contributed by atoms with van der Waals surface area (Å²) in [5.41, 5.74) is -0.0467. The summed E-state index contributed by atoms with van der Waals surface area (Å²) in [5, 5.41) is 2.59. The fourth-order valence-electron chi connectivity index (χ4n) is 2.39. The van der Waals surface area contributed by atoms with Crippen molar-refractivity contribution in [2.75, 3.05) is 46.6 Å². The van der Waals surface area contributed by atoms with Gasteiger partial charge in [-0.05, 0) is 13.0 Å². The van der Waals surface area contributed by atoms with E-state index in [9.17, 15) is 18.0 Å². The number of sulfonamides is 1. The number of carbonyl (C=O) groups excluding carboxylic acids is 2. The van der Waals surface area contributed by atoms with E-state index in [0.29, 0.717) is 19.8 Å². The van der Waals surface area contributed by atoms with Crippen LogP contribution in [0.15, 0.2) is 17.2 Å². The number of hydrogen-bond acceptors (Lipinski definition) is 7. The van der Waals surface area contributed by atoms with Gasteiger partial charge in [-0.1, -0.05) is 0 Å². The second kappa shape index (κ2) is 9.12. The molecule has 11 heteroatoms. The van der Waals surface area contributed by atoms with E-state index in [1.165, 1.54) is 23.7 Å². The SMILES string of the molecule is COCC(C)NC(=O)COC(=O)c1cc(S(=O)(=O)N2CCOCC2)c[nH]1. The molecule has 1 aromatic heterocycles. The number of nitrogens with one attached hydrogen (secondary N) is 2. The minimum absolute atomic E-state index is 0.0375. The Kier molecular flexibility index (Phi) is 7.14. The monoisotopic (exact) mass is 389 g/mol. The fourth-order valence-corrected chi connectivity index (χ4v) is 3.80. The van der Waals surface area contributed by atoms with Crippen molar-refractivity contribution in [2.45, 2.75) is 17.9 Å². The van der Waals surface area contributed by atoms with Crippen LogP contribution in [0.4, 0.5) is 0 Å². The lowest BCUT2D eigenvalue weighted by Gasteiger charge is -2.25. The summed E-state index contributed by atoms with van der Waals surface area (Å²) in [6, 6.07) is 0.973. The van der Waals surface area contributed by atoms with Crippen molar-refractivity contribution in [1.29, 1.82) is 0 Å². The highest BCUT2D eigenvalue weighted by atomic mass is 32.2. The van der Waals surface area contributed by atoms with E-state index >= 15 is 0 Å². The number of rotatable bonds is 8. The summed E-state index contributed by atoms with van der Waals surface area (Å²) in [7, 11) is -2.20. The number of morpholine rings is 1. The Hall–Kier alpha value is -1.95. The lowest BCUT2D eigenvalue weighted by Crippen LogP contribution is -2.40. The van der Waals surface area contributed by atoms with Crippen molar-refractivity contribution < 1.29 is 32.2 Å². The molecule has 0 radical (unpaired) electrons. The van der Waals surface area contributed by atoms with Crippen molar-refractivity contribution in [3.8, 4) is 0 Å². The van der Waals surface area contributed by atoms with E-state index < -0.39 is 28.5 Å². The van der Waals surface area contributed by atoms with Crippen LogP contribution in [0.1, 0.15) is 17.4 Å². The van der Waals surface area contributed by atoms with Crippen molar-refractivity contribution in [2.24, 2.45) is 0 Å². The number of carbonyl (C=O) groups is 2. The summed E-state index contributed by atoms with van der Waals surface area (Å²) in [6.07, 6.45) is 1.22. The van der Waals surface area contributed by atoms with Gasteiger partial charge in [0.2, 0.25) is 10.0 Å². The van der Waals surface area contributed by atoms with Crippen LogP contribution < -0.4 is 5.32 Å². The Labute approximate surface area is 151 Å². The molecule has 146 valence electrons. The summed E-state index contributed by atoms with van der Waals surface area (Å²) >= 11 is 0. The zero-order valence-electron chi connectivity index (χ0n) is 14.7. The van der Waals surface area contributed by atoms with Gasteiger partial charge in [-0.3, -0.25) is 4.79 Å². The van der Waals surface area contributed by atoms with Gasteiger partial charge in [0.15, 0.2) is 6.61 Å². The van der Waals surface area contributed by atoms with Gasteiger partial charge in [0, 0.05) is 32.4 Å². The third kappa shape index (κ3) is 5.27. The van der Waals surface area contributed by atoms with E-state index in [0.717, 1.165) is 0 Å². The van der Waals surface area contributed by atoms with Gasteiger partial charge in [-0.2, -0.15) is 4.31 Å². The van der Waals surface area contributed by atoms with Gasteiger partial charge in [0.1, 0.15) is 10.6 Å². The van der Waals surface area contributed by atoms with Gasteiger partial charge in [0.25, 0.3) is 5.91 Å². The Morgan fingerprint density at radius 3 is 2.73 bits per heavy atom. The number of H-pyrrole nitrogens is 1. The Morgan fingerprint density at radius 1 is 1.38 bits per heavy atom. The average molecular weight is 389 g/mol. The first-order valence-electron chi connectivity index (χ1n) is 8.06. The molecular formula is C15H23N3O7S. The highest BCUT2D eigenvalue weighted by molar-refractivity contribution is 7.89. The van der Waals surface area contributed by atoms with Gasteiger partial charge < -0.3 is 24.5 Å². The van der Waals surface area contributed by atoms with Crippen LogP contribution in [0.2, 0.25) is 0 Å². The van der Waals surface area contributed by atoms with Crippen LogP contribution in [0, 0.1) is 0 Å². The number of amides is 1. The Bertz CT molecular complexity index is 725. The first-order chi connectivity index (χ1) is 12.3. The van der Waals surface area contributed by atoms with Crippen LogP contribution >= 0.6 is 0 Å². The van der Waals surface area contributed by atoms with Crippen LogP contribution in [-0.2, 0) is 29.0 Å². The van der Waals surface area contributed by atoms with E-state index in [2.05, 4.69) is 10.3 Å². The maximum absolute atomic E-state index is 12.5. The Morgan fingerprint density at radius 2 is 2.08 bits per heavy atom. The van der Waals surface area contributed by atoms with Crippen molar-refractivity contribution in [3.63, 3.8) is 0 Å². The first-order valence-corrected chi connectivity index (χ1v) is 9.50. The topological polar surface area (TPSA) is 127 Å². The molecule has 0 aliphatic carbocycles. The molecule has 2 N–H and O–H groups in total. The molecular weight excluding hydrogens is 366 g/mol. The van der Waals surface area contributed by atoms with E-state index in [1.807, 2.05) is 0 Å². The summed E-state index contributed by atoms with van der Waals surface area (Å²) in [4.78, 5) is 26.2. The van der Waals surface area contributed by atoms with Gasteiger partial charge in [-0.15, -0.1) is 0 Å². The quantitative estimate of drug-likeness (QED) is 0.565. The lowest BCUT2D eigenvalue weighted by atomic mass is 10.3. The number of esters is 1. The third-order valence-corrected chi connectivity index (χ3v) is 5.52. The molecule has 10 nitrogen and oxygen atoms in total. The molecule has 1 aromatic rings. The van der Waals surface area contributed by atoms with E-state index in [4.69, 9.17) is 14.2 Å². The van der Waals surface area contributed by atoms with Gasteiger partial charge in [-0.25, -0.2) is 13.2 Å². The maximum Gasteiger partial charge on any atom is 0.355 e. The third-order valence-electron chi connectivity index (χ3n) is 3.64. The summed E-state index contributed by atoms with van der Waals surface area (Å²) < 4.78 is 41.2. The molecule has 0 saturated carbocycles. The molecule has 1 aliphatic heterocycles. The maximum atomic E-state index is 12.5. The number of hydrogen-bond donors (Lipinski definition) is 2. The minimum Gasteiger partial charge on any atom is -0.451 e. The highest BCUT2D eigenvalue weighted by Gasteiger charge is 2.28. The molecule has 1 saturated heterocycles. The van der Waals surface area contributed by atoms with Gasteiger partial charge >= 0.3 is 5.97 Å². The van der Waals surface area contributed by atoms with Crippen LogP contribution in [0.3, 0.4) is 0 Å². The van der Waals surface area contributed by atoms with Crippen LogP contribution in [0.5, 0.6) is 0 Å².